The maximum Gasteiger partial charge on any atom is 0.305 e. The minimum Gasteiger partial charge on any atom is -0.481 e. The molecular weight excluding hydrogens is 146 g/mol. The highest BCUT2D eigenvalue weighted by molar-refractivity contribution is 5.67. The van der Waals surface area contributed by atoms with Crippen molar-refractivity contribution in [2.45, 2.75) is 25.5 Å². The van der Waals surface area contributed by atoms with E-state index < -0.39 is 5.97 Å². The van der Waals surface area contributed by atoms with Crippen LogP contribution in [-0.4, -0.2) is 36.4 Å². The maximum atomic E-state index is 10.3. The summed E-state index contributed by atoms with van der Waals surface area (Å²) in [5.74, 6) is -0.778. The van der Waals surface area contributed by atoms with Crippen LogP contribution in [0.3, 0.4) is 0 Å². The summed E-state index contributed by atoms with van der Waals surface area (Å²) in [7, 11) is 0. The summed E-state index contributed by atoms with van der Waals surface area (Å²) in [4.78, 5) is 10.3. The van der Waals surface area contributed by atoms with Crippen LogP contribution in [0, 0.1) is 0 Å². The van der Waals surface area contributed by atoms with Crippen LogP contribution in [0.5, 0.6) is 0 Å². The van der Waals surface area contributed by atoms with Crippen molar-refractivity contribution < 1.29 is 14.6 Å². The van der Waals surface area contributed by atoms with Crippen LogP contribution in [-0.2, 0) is 9.53 Å². The number of aliphatic carboxylic acids is 1. The second-order valence-electron chi connectivity index (χ2n) is 2.73. The standard InChI is InChI=1S/C7H13NO3/c1-5-6(4-7(9)10)8-2-3-11-5/h5-6,8H,2-4H2,1H3,(H,9,10). The molecular formula is C7H13NO3. The number of carboxylic acid groups (broad SMARTS) is 1. The van der Waals surface area contributed by atoms with Crippen molar-refractivity contribution >= 4 is 5.97 Å². The Morgan fingerprint density at radius 2 is 2.55 bits per heavy atom. The predicted octanol–water partition coefficient (Wildman–Crippen LogP) is -0.162. The Morgan fingerprint density at radius 3 is 3.09 bits per heavy atom. The summed E-state index contributed by atoms with van der Waals surface area (Å²) in [6, 6.07) is -0.0266. The van der Waals surface area contributed by atoms with Gasteiger partial charge in [-0.3, -0.25) is 4.79 Å². The molecule has 1 fully saturated rings. The van der Waals surface area contributed by atoms with Crippen LogP contribution >= 0.6 is 0 Å². The van der Waals surface area contributed by atoms with E-state index >= 15 is 0 Å². The molecule has 0 aromatic carbocycles. The number of carbonyl (C=O) groups is 1. The van der Waals surface area contributed by atoms with Gasteiger partial charge in [0, 0.05) is 12.6 Å². The average Bonchev–Trinajstić information content (AvgIpc) is 1.93. The molecule has 2 atom stereocenters. The highest BCUT2D eigenvalue weighted by Gasteiger charge is 2.23. The van der Waals surface area contributed by atoms with Gasteiger partial charge in [-0.2, -0.15) is 0 Å². The van der Waals surface area contributed by atoms with Gasteiger partial charge in [0.2, 0.25) is 0 Å². The summed E-state index contributed by atoms with van der Waals surface area (Å²) >= 11 is 0. The molecule has 0 bridgehead atoms. The molecule has 1 heterocycles. The molecule has 0 amide bonds. The normalized spacial score (nSPS) is 31.7. The molecule has 4 heteroatoms. The summed E-state index contributed by atoms with van der Waals surface area (Å²) in [6.45, 7) is 3.32. The number of hydrogen-bond acceptors (Lipinski definition) is 3. The van der Waals surface area contributed by atoms with Crippen molar-refractivity contribution in [1.29, 1.82) is 0 Å². The monoisotopic (exact) mass is 159 g/mol. The predicted molar refractivity (Wildman–Crippen MR) is 39.5 cm³/mol. The molecule has 4 nitrogen and oxygen atoms in total. The van der Waals surface area contributed by atoms with Crippen LogP contribution in [0.4, 0.5) is 0 Å². The number of hydrogen-bond donors (Lipinski definition) is 2. The Balaban J connectivity index is 2.35. The SMILES string of the molecule is CC1OCCNC1CC(=O)O. The lowest BCUT2D eigenvalue weighted by molar-refractivity contribution is -0.139. The second kappa shape index (κ2) is 3.69. The Kier molecular flexibility index (Phi) is 2.84. The van der Waals surface area contributed by atoms with E-state index in [9.17, 15) is 4.79 Å². The molecule has 0 aromatic rings. The minimum absolute atomic E-state index is 0.0137. The van der Waals surface area contributed by atoms with Gasteiger partial charge in [-0.1, -0.05) is 0 Å². The second-order valence-corrected chi connectivity index (χ2v) is 2.73. The first-order valence-electron chi connectivity index (χ1n) is 3.77. The smallest absolute Gasteiger partial charge is 0.305 e. The van der Waals surface area contributed by atoms with E-state index in [-0.39, 0.29) is 18.6 Å². The fraction of sp³-hybridized carbons (Fsp3) is 0.857. The van der Waals surface area contributed by atoms with Crippen molar-refractivity contribution in [1.82, 2.24) is 5.32 Å². The van der Waals surface area contributed by atoms with Crippen LogP contribution < -0.4 is 5.32 Å². The lowest BCUT2D eigenvalue weighted by Crippen LogP contribution is -2.47. The van der Waals surface area contributed by atoms with E-state index in [0.717, 1.165) is 6.54 Å². The van der Waals surface area contributed by atoms with Crippen LogP contribution in [0.15, 0.2) is 0 Å². The molecule has 1 saturated heterocycles. The third-order valence-corrected chi connectivity index (χ3v) is 1.85. The van der Waals surface area contributed by atoms with Gasteiger partial charge in [0.25, 0.3) is 0 Å². The molecule has 0 spiro atoms. The molecule has 0 aromatic heterocycles. The summed E-state index contributed by atoms with van der Waals surface area (Å²) in [5.41, 5.74) is 0. The van der Waals surface area contributed by atoms with Gasteiger partial charge < -0.3 is 15.2 Å². The fourth-order valence-electron chi connectivity index (χ4n) is 1.20. The van der Waals surface area contributed by atoms with Gasteiger partial charge in [0.15, 0.2) is 0 Å². The quantitative estimate of drug-likeness (QED) is 0.587. The Hall–Kier alpha value is -0.610. The molecule has 1 rings (SSSR count). The van der Waals surface area contributed by atoms with Gasteiger partial charge in [-0.25, -0.2) is 0 Å². The van der Waals surface area contributed by atoms with Crippen molar-refractivity contribution in [2.24, 2.45) is 0 Å². The van der Waals surface area contributed by atoms with Gasteiger partial charge in [-0.05, 0) is 6.92 Å². The Morgan fingerprint density at radius 1 is 1.82 bits per heavy atom. The Bertz CT molecular complexity index is 149. The molecule has 0 aliphatic carbocycles. The lowest BCUT2D eigenvalue weighted by Gasteiger charge is -2.29. The van der Waals surface area contributed by atoms with Crippen molar-refractivity contribution in [3.8, 4) is 0 Å². The maximum absolute atomic E-state index is 10.3. The molecule has 0 saturated carbocycles. The first kappa shape index (κ1) is 8.49. The lowest BCUT2D eigenvalue weighted by atomic mass is 10.1. The number of nitrogens with one attached hydrogen (secondary N) is 1. The summed E-state index contributed by atoms with van der Waals surface area (Å²) < 4.78 is 5.27. The van der Waals surface area contributed by atoms with Crippen molar-refractivity contribution in [2.75, 3.05) is 13.2 Å². The molecule has 2 N–H and O–H groups in total. The van der Waals surface area contributed by atoms with Crippen molar-refractivity contribution in [3.05, 3.63) is 0 Å². The largest absolute Gasteiger partial charge is 0.481 e. The average molecular weight is 159 g/mol. The van der Waals surface area contributed by atoms with Gasteiger partial charge in [0.1, 0.15) is 0 Å². The number of morpholine rings is 1. The van der Waals surface area contributed by atoms with E-state index in [1.54, 1.807) is 0 Å². The molecule has 11 heavy (non-hydrogen) atoms. The van der Waals surface area contributed by atoms with Gasteiger partial charge in [0.05, 0.1) is 19.1 Å². The zero-order chi connectivity index (χ0) is 8.27. The van der Waals surface area contributed by atoms with E-state index in [0.29, 0.717) is 6.61 Å². The summed E-state index contributed by atoms with van der Waals surface area (Å²) in [6.07, 6.45) is 0.154. The minimum atomic E-state index is -0.778. The zero-order valence-corrected chi connectivity index (χ0v) is 6.54. The first-order valence-corrected chi connectivity index (χ1v) is 3.77. The van der Waals surface area contributed by atoms with Gasteiger partial charge >= 0.3 is 5.97 Å². The van der Waals surface area contributed by atoms with Crippen LogP contribution in [0.25, 0.3) is 0 Å². The molecule has 1 aliphatic rings. The zero-order valence-electron chi connectivity index (χ0n) is 6.54. The third kappa shape index (κ3) is 2.48. The fourth-order valence-corrected chi connectivity index (χ4v) is 1.20. The molecule has 0 radical (unpaired) electrons. The Labute approximate surface area is 65.5 Å². The first-order chi connectivity index (χ1) is 5.20. The van der Waals surface area contributed by atoms with Crippen molar-refractivity contribution in [3.63, 3.8) is 0 Å². The molecule has 1 aliphatic heterocycles. The number of rotatable bonds is 2. The van der Waals surface area contributed by atoms with E-state index in [1.807, 2.05) is 6.92 Å². The van der Waals surface area contributed by atoms with Crippen LogP contribution in [0.1, 0.15) is 13.3 Å². The highest BCUT2D eigenvalue weighted by Crippen LogP contribution is 2.06. The highest BCUT2D eigenvalue weighted by atomic mass is 16.5. The van der Waals surface area contributed by atoms with E-state index in [1.165, 1.54) is 0 Å². The molecule has 64 valence electrons. The summed E-state index contributed by atoms with van der Waals surface area (Å²) in [5, 5.41) is 11.6. The number of ether oxygens (including phenoxy) is 1. The third-order valence-electron chi connectivity index (χ3n) is 1.85. The molecule has 2 unspecified atom stereocenters. The van der Waals surface area contributed by atoms with E-state index in [2.05, 4.69) is 5.32 Å². The van der Waals surface area contributed by atoms with Crippen LogP contribution in [0.2, 0.25) is 0 Å². The van der Waals surface area contributed by atoms with E-state index in [4.69, 9.17) is 9.84 Å². The topological polar surface area (TPSA) is 58.6 Å². The number of carboxylic acids is 1. The van der Waals surface area contributed by atoms with Gasteiger partial charge in [-0.15, -0.1) is 0 Å².